The highest BCUT2D eigenvalue weighted by molar-refractivity contribution is 5.43. The molecule has 1 aliphatic heterocycles. The van der Waals surface area contributed by atoms with Crippen LogP contribution in [0.5, 0.6) is 5.88 Å². The minimum Gasteiger partial charge on any atom is -0.478 e. The van der Waals surface area contributed by atoms with Crippen LogP contribution >= 0.6 is 0 Å². The predicted octanol–water partition coefficient (Wildman–Crippen LogP) is 2.45. The second-order valence-electron chi connectivity index (χ2n) is 5.32. The van der Waals surface area contributed by atoms with Gasteiger partial charge in [-0.2, -0.15) is 4.98 Å². The Morgan fingerprint density at radius 1 is 1.47 bits per heavy atom. The molecule has 1 atom stereocenters. The lowest BCUT2D eigenvalue weighted by Gasteiger charge is -2.27. The fourth-order valence-corrected chi connectivity index (χ4v) is 2.51. The Kier molecular flexibility index (Phi) is 5.02. The summed E-state index contributed by atoms with van der Waals surface area (Å²) in [6.45, 7) is 9.14. The number of nitrogens with one attached hydrogen (secondary N) is 1. The lowest BCUT2D eigenvalue weighted by atomic mass is 10.2. The van der Waals surface area contributed by atoms with Gasteiger partial charge in [-0.3, -0.25) is 0 Å². The number of hydrogen-bond donors (Lipinski definition) is 1. The molecule has 0 amide bonds. The van der Waals surface area contributed by atoms with Crippen LogP contribution in [0, 0.1) is 0 Å². The van der Waals surface area contributed by atoms with Crippen LogP contribution in [0.3, 0.4) is 0 Å². The highest BCUT2D eigenvalue weighted by Crippen LogP contribution is 2.25. The van der Waals surface area contributed by atoms with Crippen LogP contribution in [0.15, 0.2) is 18.2 Å². The van der Waals surface area contributed by atoms with E-state index in [4.69, 9.17) is 4.74 Å². The number of pyridine rings is 1. The molecule has 1 unspecified atom stereocenters. The Labute approximate surface area is 116 Å². The van der Waals surface area contributed by atoms with E-state index < -0.39 is 0 Å². The zero-order chi connectivity index (χ0) is 13.7. The number of ether oxygens (including phenoxy) is 1. The van der Waals surface area contributed by atoms with Crippen molar-refractivity contribution in [3.05, 3.63) is 18.2 Å². The molecule has 1 saturated heterocycles. The van der Waals surface area contributed by atoms with Crippen LogP contribution in [0.25, 0.3) is 0 Å². The normalized spacial score (nSPS) is 19.2. The van der Waals surface area contributed by atoms with Crippen molar-refractivity contribution in [1.82, 2.24) is 10.3 Å². The first kappa shape index (κ1) is 14.1. The molecule has 0 aromatic carbocycles. The van der Waals surface area contributed by atoms with Crippen LogP contribution < -0.4 is 15.0 Å². The smallest absolute Gasteiger partial charge is 0.215 e. The monoisotopic (exact) mass is 263 g/mol. The highest BCUT2D eigenvalue weighted by atomic mass is 16.5. The van der Waals surface area contributed by atoms with E-state index >= 15 is 0 Å². The average molecular weight is 263 g/mol. The van der Waals surface area contributed by atoms with E-state index in [-0.39, 0.29) is 0 Å². The third-order valence-electron chi connectivity index (χ3n) is 3.43. The fraction of sp³-hybridized carbons (Fsp3) is 0.667. The van der Waals surface area contributed by atoms with E-state index in [1.54, 1.807) is 0 Å². The summed E-state index contributed by atoms with van der Waals surface area (Å²) in [5, 5.41) is 3.53. The topological polar surface area (TPSA) is 37.4 Å². The molecule has 1 aliphatic rings. The minimum absolute atomic E-state index is 0.533. The Balaban J connectivity index is 2.04. The van der Waals surface area contributed by atoms with Gasteiger partial charge in [0.15, 0.2) is 0 Å². The first-order valence-electron chi connectivity index (χ1n) is 7.30. The van der Waals surface area contributed by atoms with E-state index in [0.717, 1.165) is 24.8 Å². The molecule has 0 bridgehead atoms. The molecule has 0 spiro atoms. The van der Waals surface area contributed by atoms with E-state index in [9.17, 15) is 0 Å². The van der Waals surface area contributed by atoms with Crippen LogP contribution in [-0.2, 0) is 0 Å². The maximum absolute atomic E-state index is 5.49. The zero-order valence-corrected chi connectivity index (χ0v) is 12.2. The van der Waals surface area contributed by atoms with E-state index in [0.29, 0.717) is 18.7 Å². The van der Waals surface area contributed by atoms with Crippen LogP contribution in [0.4, 0.5) is 5.82 Å². The first-order valence-corrected chi connectivity index (χ1v) is 7.30. The highest BCUT2D eigenvalue weighted by Gasteiger charge is 2.25. The largest absolute Gasteiger partial charge is 0.478 e. The molecule has 0 radical (unpaired) electrons. The molecule has 19 heavy (non-hydrogen) atoms. The van der Waals surface area contributed by atoms with Gasteiger partial charge in [-0.25, -0.2) is 0 Å². The number of hydrogen-bond acceptors (Lipinski definition) is 4. The summed E-state index contributed by atoms with van der Waals surface area (Å²) >= 11 is 0. The number of aromatic nitrogens is 1. The number of nitrogens with zero attached hydrogens (tertiary/aromatic N) is 2. The van der Waals surface area contributed by atoms with Crippen molar-refractivity contribution in [2.24, 2.45) is 0 Å². The second kappa shape index (κ2) is 6.75. The summed E-state index contributed by atoms with van der Waals surface area (Å²) in [5.41, 5.74) is 0. The van der Waals surface area contributed by atoms with Gasteiger partial charge in [0.2, 0.25) is 5.88 Å². The second-order valence-corrected chi connectivity index (χ2v) is 5.32. The van der Waals surface area contributed by atoms with Crippen LogP contribution in [0.2, 0.25) is 0 Å². The molecule has 0 saturated carbocycles. The number of rotatable bonds is 6. The zero-order valence-electron chi connectivity index (χ0n) is 12.2. The fourth-order valence-electron chi connectivity index (χ4n) is 2.51. The van der Waals surface area contributed by atoms with Gasteiger partial charge in [0, 0.05) is 31.2 Å². The molecule has 2 heterocycles. The maximum Gasteiger partial charge on any atom is 0.215 e. The summed E-state index contributed by atoms with van der Waals surface area (Å²) in [6.07, 6.45) is 2.48. The van der Waals surface area contributed by atoms with Gasteiger partial charge in [0.25, 0.3) is 0 Å². The summed E-state index contributed by atoms with van der Waals surface area (Å²) in [7, 11) is 0. The summed E-state index contributed by atoms with van der Waals surface area (Å²) < 4.78 is 5.49. The molecule has 1 N–H and O–H groups in total. The molecule has 0 aliphatic carbocycles. The van der Waals surface area contributed by atoms with Gasteiger partial charge in [-0.15, -0.1) is 0 Å². The van der Waals surface area contributed by atoms with E-state index in [2.05, 4.69) is 35.1 Å². The van der Waals surface area contributed by atoms with Crippen molar-refractivity contribution in [3.8, 4) is 5.88 Å². The predicted molar refractivity (Wildman–Crippen MR) is 78.9 cm³/mol. The lowest BCUT2D eigenvalue weighted by molar-refractivity contribution is 0.327. The van der Waals surface area contributed by atoms with Crippen molar-refractivity contribution < 1.29 is 4.74 Å². The lowest BCUT2D eigenvalue weighted by Crippen LogP contribution is -2.40. The molecule has 4 nitrogen and oxygen atoms in total. The van der Waals surface area contributed by atoms with Crippen molar-refractivity contribution in [2.45, 2.75) is 45.7 Å². The molecule has 106 valence electrons. The quantitative estimate of drug-likeness (QED) is 0.855. The van der Waals surface area contributed by atoms with Gasteiger partial charge in [-0.05, 0) is 25.8 Å². The average Bonchev–Trinajstić information content (AvgIpc) is 2.85. The van der Waals surface area contributed by atoms with Crippen molar-refractivity contribution in [1.29, 1.82) is 0 Å². The van der Waals surface area contributed by atoms with Gasteiger partial charge >= 0.3 is 0 Å². The van der Waals surface area contributed by atoms with Gasteiger partial charge in [0.1, 0.15) is 5.82 Å². The molecule has 4 heteroatoms. The molecular formula is C15H25N3O. The van der Waals surface area contributed by atoms with Crippen LogP contribution in [0.1, 0.15) is 33.6 Å². The summed E-state index contributed by atoms with van der Waals surface area (Å²) in [5.74, 6) is 1.77. The molecule has 1 aromatic heterocycles. The van der Waals surface area contributed by atoms with Crippen LogP contribution in [-0.4, -0.2) is 36.8 Å². The molecule has 2 rings (SSSR count). The van der Waals surface area contributed by atoms with Gasteiger partial charge < -0.3 is 15.0 Å². The third-order valence-corrected chi connectivity index (χ3v) is 3.43. The van der Waals surface area contributed by atoms with Crippen molar-refractivity contribution in [3.63, 3.8) is 0 Å². The molecule has 1 fully saturated rings. The van der Waals surface area contributed by atoms with E-state index in [1.165, 1.54) is 12.8 Å². The molecule has 1 aromatic rings. The number of anilines is 1. The summed E-state index contributed by atoms with van der Waals surface area (Å²) in [4.78, 5) is 7.00. The van der Waals surface area contributed by atoms with Gasteiger partial charge in [-0.1, -0.05) is 19.9 Å². The SMILES string of the molecule is CCOc1cccc(N2CCCC2CNC(C)C)n1. The van der Waals surface area contributed by atoms with Crippen molar-refractivity contribution >= 4 is 5.82 Å². The van der Waals surface area contributed by atoms with Crippen molar-refractivity contribution in [2.75, 3.05) is 24.6 Å². The Bertz CT molecular complexity index is 395. The Morgan fingerprint density at radius 2 is 2.32 bits per heavy atom. The minimum atomic E-state index is 0.533. The maximum atomic E-state index is 5.49. The standard InChI is InChI=1S/C15H25N3O/c1-4-19-15-9-5-8-14(17-15)18-10-6-7-13(18)11-16-12(2)3/h5,8-9,12-13,16H,4,6-7,10-11H2,1-3H3. The Morgan fingerprint density at radius 3 is 3.05 bits per heavy atom. The third kappa shape index (κ3) is 3.83. The summed E-state index contributed by atoms with van der Waals surface area (Å²) in [6, 6.07) is 7.11. The molecular weight excluding hydrogens is 238 g/mol. The van der Waals surface area contributed by atoms with E-state index in [1.807, 2.05) is 19.1 Å². The first-order chi connectivity index (χ1) is 9.20. The Hall–Kier alpha value is -1.29. The van der Waals surface area contributed by atoms with Gasteiger partial charge in [0.05, 0.1) is 6.61 Å².